The molecule has 4 aromatic rings. The van der Waals surface area contributed by atoms with Gasteiger partial charge in [0.1, 0.15) is 18.1 Å². The number of hydrogen-bond acceptors (Lipinski definition) is 4. The summed E-state index contributed by atoms with van der Waals surface area (Å²) in [5, 5.41) is 2.95. The Morgan fingerprint density at radius 2 is 1.69 bits per heavy atom. The topological polar surface area (TPSA) is 76.5 Å². The van der Waals surface area contributed by atoms with Crippen LogP contribution in [0.25, 0.3) is 11.0 Å². The summed E-state index contributed by atoms with van der Waals surface area (Å²) in [5.74, 6) is 1.22. The summed E-state index contributed by atoms with van der Waals surface area (Å²) in [6, 6.07) is 24.9. The molecular weight excluding hydrogens is 440 g/mol. The molecule has 0 spiro atoms. The quantitative estimate of drug-likeness (QED) is 0.355. The fourth-order valence-electron chi connectivity index (χ4n) is 4.07. The van der Waals surface area contributed by atoms with E-state index >= 15 is 0 Å². The number of aromatic nitrogens is 2. The fraction of sp³-hybridized carbons (Fsp3) is 0.250. The standard InChI is InChI=1S/C28H30N4O3/c1-31(19-21-11-4-3-5-12-21)27(33)20-32-24-15-8-7-14-23(24)30-26(32)17-10-18-29-28(34)22-13-6-9-16-25(22)35-2/h3-9,11-16H,10,17-20H2,1-2H3,(H,29,34). The molecule has 0 aliphatic rings. The third-order valence-electron chi connectivity index (χ3n) is 5.93. The molecule has 3 aromatic carbocycles. The Morgan fingerprint density at radius 1 is 0.971 bits per heavy atom. The number of imidazole rings is 1. The zero-order valence-electron chi connectivity index (χ0n) is 20.1. The lowest BCUT2D eigenvalue weighted by Gasteiger charge is -2.19. The number of carbonyl (C=O) groups is 2. The first-order valence-corrected chi connectivity index (χ1v) is 11.7. The van der Waals surface area contributed by atoms with Gasteiger partial charge in [-0.3, -0.25) is 9.59 Å². The first-order valence-electron chi connectivity index (χ1n) is 11.7. The molecule has 0 aliphatic carbocycles. The molecule has 0 unspecified atom stereocenters. The molecule has 0 fully saturated rings. The number of benzene rings is 3. The van der Waals surface area contributed by atoms with Crippen molar-refractivity contribution in [1.82, 2.24) is 19.8 Å². The van der Waals surface area contributed by atoms with Gasteiger partial charge in [-0.2, -0.15) is 0 Å². The predicted molar refractivity (Wildman–Crippen MR) is 136 cm³/mol. The van der Waals surface area contributed by atoms with Crippen LogP contribution in [0.4, 0.5) is 0 Å². The van der Waals surface area contributed by atoms with Gasteiger partial charge in [-0.05, 0) is 36.2 Å². The summed E-state index contributed by atoms with van der Waals surface area (Å²) < 4.78 is 7.26. The van der Waals surface area contributed by atoms with E-state index in [1.54, 1.807) is 24.1 Å². The number of carbonyl (C=O) groups excluding carboxylic acids is 2. The fourth-order valence-corrected chi connectivity index (χ4v) is 4.07. The van der Waals surface area contributed by atoms with Gasteiger partial charge >= 0.3 is 0 Å². The summed E-state index contributed by atoms with van der Waals surface area (Å²) in [6.45, 7) is 1.26. The minimum Gasteiger partial charge on any atom is -0.496 e. The molecule has 1 heterocycles. The number of likely N-dealkylation sites (N-methyl/N-ethyl adjacent to an activating group) is 1. The van der Waals surface area contributed by atoms with Crippen LogP contribution < -0.4 is 10.1 Å². The van der Waals surface area contributed by atoms with Crippen LogP contribution in [0.5, 0.6) is 5.75 Å². The minimum absolute atomic E-state index is 0.0164. The van der Waals surface area contributed by atoms with Crippen molar-refractivity contribution >= 4 is 22.8 Å². The van der Waals surface area contributed by atoms with E-state index in [4.69, 9.17) is 9.72 Å². The molecule has 7 heteroatoms. The molecule has 1 aromatic heterocycles. The molecule has 4 rings (SSSR count). The Bertz CT molecular complexity index is 1300. The Labute approximate surface area is 205 Å². The minimum atomic E-state index is -0.173. The molecule has 35 heavy (non-hydrogen) atoms. The monoisotopic (exact) mass is 470 g/mol. The van der Waals surface area contributed by atoms with E-state index < -0.39 is 0 Å². The molecule has 0 atom stereocenters. The highest BCUT2D eigenvalue weighted by Crippen LogP contribution is 2.19. The van der Waals surface area contributed by atoms with Crippen molar-refractivity contribution in [1.29, 1.82) is 0 Å². The summed E-state index contributed by atoms with van der Waals surface area (Å²) in [5.41, 5.74) is 3.39. The Balaban J connectivity index is 1.41. The number of fused-ring (bicyclic) bond motifs is 1. The van der Waals surface area contributed by atoms with Crippen molar-refractivity contribution in [2.45, 2.75) is 25.9 Å². The van der Waals surface area contributed by atoms with Gasteiger partial charge in [0, 0.05) is 26.6 Å². The normalized spacial score (nSPS) is 10.8. The molecule has 0 saturated carbocycles. The molecule has 0 aliphatic heterocycles. The highest BCUT2D eigenvalue weighted by molar-refractivity contribution is 5.96. The average molecular weight is 471 g/mol. The van der Waals surface area contributed by atoms with Crippen molar-refractivity contribution in [3.05, 3.63) is 95.8 Å². The predicted octanol–water partition coefficient (Wildman–Crippen LogP) is 4.07. The number of nitrogens with one attached hydrogen (secondary N) is 1. The van der Waals surface area contributed by atoms with Crippen LogP contribution in [0.2, 0.25) is 0 Å². The van der Waals surface area contributed by atoms with E-state index in [0.29, 0.717) is 37.2 Å². The van der Waals surface area contributed by atoms with E-state index in [-0.39, 0.29) is 18.4 Å². The smallest absolute Gasteiger partial charge is 0.255 e. The summed E-state index contributed by atoms with van der Waals surface area (Å²) in [4.78, 5) is 32.1. The molecule has 7 nitrogen and oxygen atoms in total. The van der Waals surface area contributed by atoms with Crippen LogP contribution in [0, 0.1) is 0 Å². The number of hydrogen-bond donors (Lipinski definition) is 1. The summed E-state index contributed by atoms with van der Waals surface area (Å²) in [7, 11) is 3.37. The number of para-hydroxylation sites is 3. The van der Waals surface area contributed by atoms with E-state index in [1.807, 2.05) is 78.3 Å². The molecule has 1 N–H and O–H groups in total. The van der Waals surface area contributed by atoms with Gasteiger partial charge in [0.05, 0.1) is 23.7 Å². The van der Waals surface area contributed by atoms with Gasteiger partial charge in [0.15, 0.2) is 0 Å². The van der Waals surface area contributed by atoms with Gasteiger partial charge in [-0.1, -0.05) is 54.6 Å². The first-order chi connectivity index (χ1) is 17.1. The van der Waals surface area contributed by atoms with Crippen molar-refractivity contribution < 1.29 is 14.3 Å². The molecular formula is C28H30N4O3. The van der Waals surface area contributed by atoms with Crippen LogP contribution in [-0.4, -0.2) is 47.0 Å². The molecule has 0 radical (unpaired) electrons. The second-order valence-corrected chi connectivity index (χ2v) is 8.40. The second kappa shape index (κ2) is 11.3. The maximum Gasteiger partial charge on any atom is 0.255 e. The number of aryl methyl sites for hydroxylation is 1. The van der Waals surface area contributed by atoms with E-state index in [1.165, 1.54) is 0 Å². The zero-order valence-corrected chi connectivity index (χ0v) is 20.1. The summed E-state index contributed by atoms with van der Waals surface area (Å²) >= 11 is 0. The maximum atomic E-state index is 13.1. The van der Waals surface area contributed by atoms with Crippen molar-refractivity contribution in [3.63, 3.8) is 0 Å². The van der Waals surface area contributed by atoms with Crippen molar-refractivity contribution in [2.75, 3.05) is 20.7 Å². The van der Waals surface area contributed by atoms with Gasteiger partial charge in [-0.15, -0.1) is 0 Å². The number of methoxy groups -OCH3 is 1. The SMILES string of the molecule is COc1ccccc1C(=O)NCCCc1nc2ccccc2n1CC(=O)N(C)Cc1ccccc1. The highest BCUT2D eigenvalue weighted by Gasteiger charge is 2.17. The van der Waals surface area contributed by atoms with E-state index in [9.17, 15) is 9.59 Å². The van der Waals surface area contributed by atoms with E-state index in [2.05, 4.69) is 5.32 Å². The number of ether oxygens (including phenoxy) is 1. The highest BCUT2D eigenvalue weighted by atomic mass is 16.5. The van der Waals surface area contributed by atoms with Gasteiger partial charge < -0.3 is 19.5 Å². The van der Waals surface area contributed by atoms with Crippen LogP contribution in [0.3, 0.4) is 0 Å². The molecule has 0 saturated heterocycles. The third kappa shape index (κ3) is 5.87. The molecule has 180 valence electrons. The maximum absolute atomic E-state index is 13.1. The van der Waals surface area contributed by atoms with Crippen molar-refractivity contribution in [3.8, 4) is 5.75 Å². The van der Waals surface area contributed by atoms with Gasteiger partial charge in [-0.25, -0.2) is 4.98 Å². The van der Waals surface area contributed by atoms with E-state index in [0.717, 1.165) is 22.4 Å². The van der Waals surface area contributed by atoms with Gasteiger partial charge in [0.25, 0.3) is 5.91 Å². The zero-order chi connectivity index (χ0) is 24.6. The third-order valence-corrected chi connectivity index (χ3v) is 5.93. The molecule has 0 bridgehead atoms. The first kappa shape index (κ1) is 24.0. The number of rotatable bonds is 10. The average Bonchev–Trinajstić information content (AvgIpc) is 3.24. The Morgan fingerprint density at radius 3 is 2.49 bits per heavy atom. The second-order valence-electron chi connectivity index (χ2n) is 8.40. The van der Waals surface area contributed by atoms with Crippen LogP contribution in [-0.2, 0) is 24.3 Å². The van der Waals surface area contributed by atoms with Crippen LogP contribution in [0.15, 0.2) is 78.9 Å². The summed E-state index contributed by atoms with van der Waals surface area (Å²) in [6.07, 6.45) is 1.33. The van der Waals surface area contributed by atoms with Gasteiger partial charge in [0.2, 0.25) is 5.91 Å². The number of nitrogens with zero attached hydrogens (tertiary/aromatic N) is 3. The molecule has 2 amide bonds. The Hall–Kier alpha value is -4.13. The lowest BCUT2D eigenvalue weighted by atomic mass is 10.2. The lowest BCUT2D eigenvalue weighted by molar-refractivity contribution is -0.131. The van der Waals surface area contributed by atoms with Crippen LogP contribution >= 0.6 is 0 Å². The lowest BCUT2D eigenvalue weighted by Crippen LogP contribution is -2.30. The van der Waals surface area contributed by atoms with Crippen molar-refractivity contribution in [2.24, 2.45) is 0 Å². The Kier molecular flexibility index (Phi) is 7.77. The number of amides is 2. The largest absolute Gasteiger partial charge is 0.496 e. The van der Waals surface area contributed by atoms with Crippen LogP contribution in [0.1, 0.15) is 28.2 Å².